The summed E-state index contributed by atoms with van der Waals surface area (Å²) in [6.45, 7) is 4.73. The molecule has 19 heavy (non-hydrogen) atoms. The van der Waals surface area contributed by atoms with Crippen LogP contribution in [-0.2, 0) is 6.61 Å². The smallest absolute Gasteiger partial charge is 0.0702 e. The monoisotopic (exact) mass is 280 g/mol. The predicted octanol–water partition coefficient (Wildman–Crippen LogP) is 2.51. The van der Waals surface area contributed by atoms with Crippen LogP contribution in [0.2, 0.25) is 5.02 Å². The first-order chi connectivity index (χ1) is 9.28. The van der Waals surface area contributed by atoms with Gasteiger partial charge in [-0.05, 0) is 50.6 Å². The number of halogens is 1. The van der Waals surface area contributed by atoms with Crippen molar-refractivity contribution in [3.63, 3.8) is 0 Å². The second-order valence-electron chi connectivity index (χ2n) is 5.56. The van der Waals surface area contributed by atoms with Gasteiger partial charge in [-0.3, -0.25) is 4.90 Å². The Balaban J connectivity index is 1.73. The molecule has 2 aliphatic heterocycles. The lowest BCUT2D eigenvalue weighted by atomic mass is 10.1. The summed E-state index contributed by atoms with van der Waals surface area (Å²) < 4.78 is 0. The molecule has 1 atom stereocenters. The number of likely N-dealkylation sites (tertiary alicyclic amines) is 1. The molecule has 2 heterocycles. The minimum Gasteiger partial charge on any atom is -0.392 e. The molecule has 1 unspecified atom stereocenters. The van der Waals surface area contributed by atoms with Gasteiger partial charge < -0.3 is 10.0 Å². The van der Waals surface area contributed by atoms with Crippen LogP contribution in [0.3, 0.4) is 0 Å². The summed E-state index contributed by atoms with van der Waals surface area (Å²) >= 11 is 6.00. The van der Waals surface area contributed by atoms with Crippen LogP contribution in [0.25, 0.3) is 0 Å². The van der Waals surface area contributed by atoms with Gasteiger partial charge in [0, 0.05) is 35.4 Å². The van der Waals surface area contributed by atoms with E-state index < -0.39 is 0 Å². The zero-order valence-corrected chi connectivity index (χ0v) is 11.9. The molecule has 0 bridgehead atoms. The largest absolute Gasteiger partial charge is 0.392 e. The van der Waals surface area contributed by atoms with Crippen LogP contribution in [0.1, 0.15) is 24.8 Å². The van der Waals surface area contributed by atoms with Gasteiger partial charge in [0.15, 0.2) is 0 Å². The SMILES string of the molecule is OCc1cc(Cl)ccc1N1CCC(N2CCCC2)C1. The lowest BCUT2D eigenvalue weighted by molar-refractivity contribution is 0.260. The highest BCUT2D eigenvalue weighted by molar-refractivity contribution is 6.30. The van der Waals surface area contributed by atoms with E-state index >= 15 is 0 Å². The highest BCUT2D eigenvalue weighted by Gasteiger charge is 2.29. The first kappa shape index (κ1) is 13.2. The highest BCUT2D eigenvalue weighted by atomic mass is 35.5. The molecule has 2 aliphatic rings. The lowest BCUT2D eigenvalue weighted by Gasteiger charge is -2.25. The fraction of sp³-hybridized carbons (Fsp3) is 0.600. The van der Waals surface area contributed by atoms with Crippen molar-refractivity contribution in [2.24, 2.45) is 0 Å². The molecule has 2 saturated heterocycles. The number of nitrogens with zero attached hydrogens (tertiary/aromatic N) is 2. The van der Waals surface area contributed by atoms with E-state index in [1.165, 1.54) is 32.4 Å². The van der Waals surface area contributed by atoms with Crippen LogP contribution >= 0.6 is 11.6 Å². The Labute approximate surface area is 119 Å². The van der Waals surface area contributed by atoms with Gasteiger partial charge >= 0.3 is 0 Å². The van der Waals surface area contributed by atoms with Gasteiger partial charge in [0.05, 0.1) is 6.61 Å². The number of benzene rings is 1. The van der Waals surface area contributed by atoms with Crippen molar-refractivity contribution >= 4 is 17.3 Å². The average Bonchev–Trinajstić information content (AvgIpc) is 3.09. The number of anilines is 1. The number of aliphatic hydroxyl groups is 1. The van der Waals surface area contributed by atoms with Crippen LogP contribution in [0.15, 0.2) is 18.2 Å². The summed E-state index contributed by atoms with van der Waals surface area (Å²) in [5, 5.41) is 10.2. The Morgan fingerprint density at radius 1 is 1.21 bits per heavy atom. The number of aliphatic hydroxyl groups excluding tert-OH is 1. The van der Waals surface area contributed by atoms with E-state index in [-0.39, 0.29) is 6.61 Å². The van der Waals surface area contributed by atoms with E-state index in [4.69, 9.17) is 11.6 Å². The summed E-state index contributed by atoms with van der Waals surface area (Å²) in [6, 6.07) is 6.52. The normalized spacial score (nSPS) is 24.3. The molecule has 0 saturated carbocycles. The van der Waals surface area contributed by atoms with Crippen molar-refractivity contribution in [2.75, 3.05) is 31.1 Å². The van der Waals surface area contributed by atoms with E-state index in [0.29, 0.717) is 11.1 Å². The van der Waals surface area contributed by atoms with Crippen LogP contribution < -0.4 is 4.90 Å². The van der Waals surface area contributed by atoms with Gasteiger partial charge in [-0.2, -0.15) is 0 Å². The molecule has 3 rings (SSSR count). The van der Waals surface area contributed by atoms with Crippen molar-refractivity contribution in [3.8, 4) is 0 Å². The second kappa shape index (κ2) is 5.70. The highest BCUT2D eigenvalue weighted by Crippen LogP contribution is 2.29. The van der Waals surface area contributed by atoms with E-state index in [2.05, 4.69) is 9.80 Å². The Morgan fingerprint density at radius 3 is 2.74 bits per heavy atom. The van der Waals surface area contributed by atoms with Crippen LogP contribution in [0.4, 0.5) is 5.69 Å². The summed E-state index contributed by atoms with van der Waals surface area (Å²) in [5.41, 5.74) is 2.09. The molecule has 4 heteroatoms. The molecule has 0 aromatic heterocycles. The first-order valence-electron chi connectivity index (χ1n) is 7.16. The molecule has 1 N–H and O–H groups in total. The van der Waals surface area contributed by atoms with Gasteiger partial charge in [0.1, 0.15) is 0 Å². The van der Waals surface area contributed by atoms with E-state index in [1.54, 1.807) is 0 Å². The number of hydrogen-bond donors (Lipinski definition) is 1. The minimum atomic E-state index is 0.0563. The average molecular weight is 281 g/mol. The Kier molecular flexibility index (Phi) is 3.96. The van der Waals surface area contributed by atoms with Gasteiger partial charge in [-0.1, -0.05) is 11.6 Å². The van der Waals surface area contributed by atoms with E-state index in [9.17, 15) is 5.11 Å². The van der Waals surface area contributed by atoms with Crippen molar-refractivity contribution in [1.29, 1.82) is 0 Å². The molecule has 1 aromatic rings. The molecule has 0 radical (unpaired) electrons. The Morgan fingerprint density at radius 2 is 2.00 bits per heavy atom. The number of hydrogen-bond acceptors (Lipinski definition) is 3. The third-order valence-electron chi connectivity index (χ3n) is 4.37. The molecular weight excluding hydrogens is 260 g/mol. The van der Waals surface area contributed by atoms with Gasteiger partial charge in [0.25, 0.3) is 0 Å². The van der Waals surface area contributed by atoms with Crippen molar-refractivity contribution < 1.29 is 5.11 Å². The molecule has 0 spiro atoms. The van der Waals surface area contributed by atoms with Crippen LogP contribution in [0, 0.1) is 0 Å². The molecule has 0 aliphatic carbocycles. The van der Waals surface area contributed by atoms with Gasteiger partial charge in [-0.15, -0.1) is 0 Å². The topological polar surface area (TPSA) is 26.7 Å². The maximum atomic E-state index is 9.48. The lowest BCUT2D eigenvalue weighted by Crippen LogP contribution is -2.35. The standard InChI is InChI=1S/C15H21ClN2O/c16-13-3-4-15(12(9-13)11-19)18-8-5-14(10-18)17-6-1-2-7-17/h3-4,9,14,19H,1-2,5-8,10-11H2. The molecule has 0 amide bonds. The number of rotatable bonds is 3. The van der Waals surface area contributed by atoms with Gasteiger partial charge in [-0.25, -0.2) is 0 Å². The third kappa shape index (κ3) is 2.73. The molecule has 104 valence electrons. The molecular formula is C15H21ClN2O. The van der Waals surface area contributed by atoms with E-state index in [1.807, 2.05) is 18.2 Å². The Hall–Kier alpha value is -0.770. The fourth-order valence-corrected chi connectivity index (χ4v) is 3.55. The molecule has 2 fully saturated rings. The van der Waals surface area contributed by atoms with Crippen molar-refractivity contribution in [2.45, 2.75) is 31.9 Å². The zero-order valence-electron chi connectivity index (χ0n) is 11.2. The third-order valence-corrected chi connectivity index (χ3v) is 4.61. The maximum absolute atomic E-state index is 9.48. The zero-order chi connectivity index (χ0) is 13.2. The van der Waals surface area contributed by atoms with Crippen molar-refractivity contribution in [3.05, 3.63) is 28.8 Å². The predicted molar refractivity (Wildman–Crippen MR) is 78.8 cm³/mol. The summed E-state index contributed by atoms with van der Waals surface area (Å²) in [6.07, 6.45) is 3.92. The quantitative estimate of drug-likeness (QED) is 0.922. The molecule has 1 aromatic carbocycles. The van der Waals surface area contributed by atoms with Crippen LogP contribution in [-0.4, -0.2) is 42.2 Å². The summed E-state index contributed by atoms with van der Waals surface area (Å²) in [5.74, 6) is 0. The van der Waals surface area contributed by atoms with Gasteiger partial charge in [0.2, 0.25) is 0 Å². The Bertz CT molecular complexity index is 446. The summed E-state index contributed by atoms with van der Waals surface area (Å²) in [7, 11) is 0. The molecule has 3 nitrogen and oxygen atoms in total. The van der Waals surface area contributed by atoms with Crippen LogP contribution in [0.5, 0.6) is 0 Å². The fourth-order valence-electron chi connectivity index (χ4n) is 3.35. The minimum absolute atomic E-state index is 0.0563. The van der Waals surface area contributed by atoms with Crippen molar-refractivity contribution in [1.82, 2.24) is 4.90 Å². The maximum Gasteiger partial charge on any atom is 0.0702 e. The van der Waals surface area contributed by atoms with E-state index in [0.717, 1.165) is 24.3 Å². The first-order valence-corrected chi connectivity index (χ1v) is 7.54. The summed E-state index contributed by atoms with van der Waals surface area (Å²) in [4.78, 5) is 5.01. The second-order valence-corrected chi connectivity index (χ2v) is 6.00.